The molecule has 0 aliphatic carbocycles. The van der Waals surface area contributed by atoms with Gasteiger partial charge >= 0.3 is 0 Å². The highest BCUT2D eigenvalue weighted by Crippen LogP contribution is 2.19. The Morgan fingerprint density at radius 1 is 1.24 bits per heavy atom. The quantitative estimate of drug-likeness (QED) is 0.861. The molecular formula is C13H17N3O. The van der Waals surface area contributed by atoms with Crippen molar-refractivity contribution in [3.8, 4) is 5.69 Å². The van der Waals surface area contributed by atoms with Gasteiger partial charge < -0.3 is 5.11 Å². The van der Waals surface area contributed by atoms with E-state index in [2.05, 4.69) is 28.5 Å². The average molecular weight is 231 g/mol. The molecule has 0 atom stereocenters. The standard InChI is InChI=1S/C13H17N3O/c1-9-5-6-10(2)11(7-9)16-8-12(14-15-16)13(3,4)17/h5-8,17H,1-4H3. The molecule has 0 fully saturated rings. The van der Waals surface area contributed by atoms with Crippen LogP contribution in [0.5, 0.6) is 0 Å². The van der Waals surface area contributed by atoms with Gasteiger partial charge in [-0.25, -0.2) is 4.68 Å². The van der Waals surface area contributed by atoms with Gasteiger partial charge in [-0.1, -0.05) is 17.3 Å². The molecule has 4 heteroatoms. The summed E-state index contributed by atoms with van der Waals surface area (Å²) in [4.78, 5) is 0. The summed E-state index contributed by atoms with van der Waals surface area (Å²) in [5, 5.41) is 17.9. The van der Waals surface area contributed by atoms with E-state index in [4.69, 9.17) is 0 Å². The van der Waals surface area contributed by atoms with Crippen LogP contribution in [-0.2, 0) is 5.60 Å². The number of aromatic nitrogens is 3. The molecule has 4 nitrogen and oxygen atoms in total. The summed E-state index contributed by atoms with van der Waals surface area (Å²) < 4.78 is 1.70. The first-order valence-corrected chi connectivity index (χ1v) is 5.61. The first kappa shape index (κ1) is 11.8. The highest BCUT2D eigenvalue weighted by Gasteiger charge is 2.20. The maximum Gasteiger partial charge on any atom is 0.114 e. The van der Waals surface area contributed by atoms with Crippen LogP contribution < -0.4 is 0 Å². The molecule has 0 saturated carbocycles. The second-order valence-electron chi connectivity index (χ2n) is 4.90. The third-order valence-electron chi connectivity index (χ3n) is 2.73. The van der Waals surface area contributed by atoms with Crippen LogP contribution in [0.1, 0.15) is 30.7 Å². The second-order valence-corrected chi connectivity index (χ2v) is 4.90. The predicted molar refractivity (Wildman–Crippen MR) is 66.1 cm³/mol. The Hall–Kier alpha value is -1.68. The molecule has 0 aliphatic rings. The summed E-state index contributed by atoms with van der Waals surface area (Å²) in [6, 6.07) is 6.17. The number of rotatable bonds is 2. The fraction of sp³-hybridized carbons (Fsp3) is 0.385. The van der Waals surface area contributed by atoms with Crippen molar-refractivity contribution in [2.75, 3.05) is 0 Å². The number of hydrogen-bond acceptors (Lipinski definition) is 3. The minimum absolute atomic E-state index is 0.568. The maximum atomic E-state index is 9.86. The van der Waals surface area contributed by atoms with Gasteiger partial charge in [0.25, 0.3) is 0 Å². The average Bonchev–Trinajstić information content (AvgIpc) is 2.70. The van der Waals surface area contributed by atoms with Gasteiger partial charge in [0, 0.05) is 0 Å². The lowest BCUT2D eigenvalue weighted by Gasteiger charge is -2.12. The fourth-order valence-electron chi connectivity index (χ4n) is 1.63. The smallest absolute Gasteiger partial charge is 0.114 e. The molecule has 2 aromatic rings. The predicted octanol–water partition coefficient (Wildman–Crippen LogP) is 2.11. The van der Waals surface area contributed by atoms with Gasteiger partial charge in [-0.2, -0.15) is 0 Å². The van der Waals surface area contributed by atoms with Crippen molar-refractivity contribution in [2.45, 2.75) is 33.3 Å². The number of aliphatic hydroxyl groups is 1. The van der Waals surface area contributed by atoms with Crippen molar-refractivity contribution in [1.82, 2.24) is 15.0 Å². The molecule has 0 bridgehead atoms. The van der Waals surface area contributed by atoms with E-state index in [-0.39, 0.29) is 0 Å². The van der Waals surface area contributed by atoms with Gasteiger partial charge in [0.2, 0.25) is 0 Å². The number of aryl methyl sites for hydroxylation is 2. The number of nitrogens with zero attached hydrogens (tertiary/aromatic N) is 3. The van der Waals surface area contributed by atoms with E-state index < -0.39 is 5.60 Å². The Kier molecular flexibility index (Phi) is 2.75. The number of benzene rings is 1. The molecular weight excluding hydrogens is 214 g/mol. The highest BCUT2D eigenvalue weighted by atomic mass is 16.3. The van der Waals surface area contributed by atoms with E-state index in [1.54, 1.807) is 24.7 Å². The molecule has 2 rings (SSSR count). The Labute approximate surface area is 101 Å². The Bertz CT molecular complexity index is 538. The van der Waals surface area contributed by atoms with E-state index in [9.17, 15) is 5.11 Å². The van der Waals surface area contributed by atoms with E-state index in [0.29, 0.717) is 5.69 Å². The van der Waals surface area contributed by atoms with Gasteiger partial charge in [-0.3, -0.25) is 0 Å². The molecule has 0 radical (unpaired) electrons. The fourth-order valence-corrected chi connectivity index (χ4v) is 1.63. The van der Waals surface area contributed by atoms with Gasteiger partial charge in [0.1, 0.15) is 11.3 Å². The molecule has 1 aromatic heterocycles. The lowest BCUT2D eigenvalue weighted by Crippen LogP contribution is -2.15. The summed E-state index contributed by atoms with van der Waals surface area (Å²) in [7, 11) is 0. The monoisotopic (exact) mass is 231 g/mol. The Balaban J connectivity index is 2.47. The summed E-state index contributed by atoms with van der Waals surface area (Å²) in [5.74, 6) is 0. The second kappa shape index (κ2) is 3.96. The summed E-state index contributed by atoms with van der Waals surface area (Å²) in [6.07, 6.45) is 1.77. The maximum absolute atomic E-state index is 9.86. The van der Waals surface area contributed by atoms with Crippen LogP contribution in [0.3, 0.4) is 0 Å². The first-order valence-electron chi connectivity index (χ1n) is 5.61. The molecule has 0 aliphatic heterocycles. The summed E-state index contributed by atoms with van der Waals surface area (Å²) >= 11 is 0. The molecule has 90 valence electrons. The normalized spacial score (nSPS) is 11.8. The van der Waals surface area contributed by atoms with Crippen LogP contribution in [0.25, 0.3) is 5.69 Å². The van der Waals surface area contributed by atoms with Crippen molar-refractivity contribution in [3.05, 3.63) is 41.2 Å². The first-order chi connectivity index (χ1) is 7.88. The van der Waals surface area contributed by atoms with Crippen molar-refractivity contribution in [2.24, 2.45) is 0 Å². The number of hydrogen-bond donors (Lipinski definition) is 1. The Morgan fingerprint density at radius 3 is 2.53 bits per heavy atom. The third-order valence-corrected chi connectivity index (χ3v) is 2.73. The van der Waals surface area contributed by atoms with Crippen LogP contribution in [0.15, 0.2) is 24.4 Å². The van der Waals surface area contributed by atoms with Crippen molar-refractivity contribution in [1.29, 1.82) is 0 Å². The van der Waals surface area contributed by atoms with Crippen LogP contribution in [0, 0.1) is 13.8 Å². The zero-order valence-corrected chi connectivity index (χ0v) is 10.6. The van der Waals surface area contributed by atoms with E-state index in [1.165, 1.54) is 5.56 Å². The molecule has 17 heavy (non-hydrogen) atoms. The molecule has 1 N–H and O–H groups in total. The SMILES string of the molecule is Cc1ccc(C)c(-n2cc(C(C)(C)O)nn2)c1. The van der Waals surface area contributed by atoms with Gasteiger partial charge in [0.05, 0.1) is 11.9 Å². The van der Waals surface area contributed by atoms with E-state index >= 15 is 0 Å². The molecule has 0 amide bonds. The van der Waals surface area contributed by atoms with E-state index in [1.807, 2.05) is 13.8 Å². The van der Waals surface area contributed by atoms with Crippen molar-refractivity contribution in [3.63, 3.8) is 0 Å². The van der Waals surface area contributed by atoms with Gasteiger partial charge in [-0.15, -0.1) is 5.10 Å². The molecule has 0 unspecified atom stereocenters. The van der Waals surface area contributed by atoms with Crippen LogP contribution in [0.2, 0.25) is 0 Å². The minimum Gasteiger partial charge on any atom is -0.384 e. The lowest BCUT2D eigenvalue weighted by atomic mass is 10.1. The molecule has 0 saturated heterocycles. The molecule has 1 aromatic carbocycles. The summed E-state index contributed by atoms with van der Waals surface area (Å²) in [5.41, 5.74) is 2.90. The largest absolute Gasteiger partial charge is 0.384 e. The minimum atomic E-state index is -0.962. The molecule has 0 spiro atoms. The van der Waals surface area contributed by atoms with Gasteiger partial charge in [-0.05, 0) is 44.9 Å². The van der Waals surface area contributed by atoms with E-state index in [0.717, 1.165) is 11.3 Å². The Morgan fingerprint density at radius 2 is 1.94 bits per heavy atom. The van der Waals surface area contributed by atoms with Crippen LogP contribution >= 0.6 is 0 Å². The molecule has 1 heterocycles. The van der Waals surface area contributed by atoms with Crippen LogP contribution in [0.4, 0.5) is 0 Å². The summed E-state index contributed by atoms with van der Waals surface area (Å²) in [6.45, 7) is 7.46. The topological polar surface area (TPSA) is 50.9 Å². The lowest BCUT2D eigenvalue weighted by molar-refractivity contribution is 0.0737. The van der Waals surface area contributed by atoms with Crippen LogP contribution in [-0.4, -0.2) is 20.1 Å². The zero-order valence-electron chi connectivity index (χ0n) is 10.6. The van der Waals surface area contributed by atoms with Crippen molar-refractivity contribution < 1.29 is 5.11 Å². The highest BCUT2D eigenvalue weighted by molar-refractivity contribution is 5.42. The van der Waals surface area contributed by atoms with Crippen molar-refractivity contribution >= 4 is 0 Å². The van der Waals surface area contributed by atoms with Gasteiger partial charge in [0.15, 0.2) is 0 Å². The third kappa shape index (κ3) is 2.36. The zero-order chi connectivity index (χ0) is 12.6.